The number of hydrogen-bond donors (Lipinski definition) is 2. The first kappa shape index (κ1) is 18.3. The van der Waals surface area contributed by atoms with Crippen LogP contribution < -0.4 is 10.6 Å². The normalized spacial score (nSPS) is 21.7. The van der Waals surface area contributed by atoms with Crippen molar-refractivity contribution in [3.05, 3.63) is 11.6 Å². The van der Waals surface area contributed by atoms with Gasteiger partial charge in [0.2, 0.25) is 0 Å². The summed E-state index contributed by atoms with van der Waals surface area (Å²) in [5.74, 6) is 1.90. The number of guanidine groups is 1. The third-order valence-corrected chi connectivity index (χ3v) is 5.14. The third kappa shape index (κ3) is 7.38. The summed E-state index contributed by atoms with van der Waals surface area (Å²) in [6.45, 7) is 4.87. The Morgan fingerprint density at radius 2 is 2.17 bits per heavy atom. The Kier molecular flexibility index (Phi) is 8.51. The van der Waals surface area contributed by atoms with Gasteiger partial charge in [-0.15, -0.1) is 0 Å². The van der Waals surface area contributed by atoms with Gasteiger partial charge in [-0.25, -0.2) is 0 Å². The maximum atomic E-state index is 5.34. The van der Waals surface area contributed by atoms with Crippen molar-refractivity contribution in [2.24, 2.45) is 10.9 Å². The van der Waals surface area contributed by atoms with Crippen molar-refractivity contribution in [3.8, 4) is 0 Å². The van der Waals surface area contributed by atoms with Crippen LogP contribution in [-0.2, 0) is 4.74 Å². The van der Waals surface area contributed by atoms with Crippen molar-refractivity contribution in [2.75, 3.05) is 26.8 Å². The first-order valence-electron chi connectivity index (χ1n) is 9.50. The second kappa shape index (κ2) is 10.7. The number of ether oxygens (including phenoxy) is 1. The molecule has 0 radical (unpaired) electrons. The highest BCUT2D eigenvalue weighted by Gasteiger charge is 2.15. The summed E-state index contributed by atoms with van der Waals surface area (Å²) < 4.78 is 5.34. The summed E-state index contributed by atoms with van der Waals surface area (Å²) in [4.78, 5) is 4.36. The fraction of sp³-hybridized carbons (Fsp3) is 0.842. The van der Waals surface area contributed by atoms with Gasteiger partial charge in [-0.1, -0.05) is 43.8 Å². The lowest BCUT2D eigenvalue weighted by Crippen LogP contribution is -2.42. The lowest BCUT2D eigenvalue weighted by atomic mass is 9.85. The molecule has 0 bridgehead atoms. The van der Waals surface area contributed by atoms with Crippen LogP contribution in [0.2, 0.25) is 0 Å². The molecule has 4 nitrogen and oxygen atoms in total. The van der Waals surface area contributed by atoms with Gasteiger partial charge >= 0.3 is 0 Å². The molecule has 0 aromatic rings. The molecule has 2 aliphatic rings. The number of rotatable bonds is 7. The quantitative estimate of drug-likeness (QED) is 0.427. The summed E-state index contributed by atoms with van der Waals surface area (Å²) in [6, 6.07) is 0.491. The molecule has 1 aliphatic carbocycles. The van der Waals surface area contributed by atoms with Gasteiger partial charge in [0.1, 0.15) is 0 Å². The van der Waals surface area contributed by atoms with Crippen LogP contribution in [0, 0.1) is 5.92 Å². The molecule has 0 saturated heterocycles. The monoisotopic (exact) mass is 321 g/mol. The molecule has 0 aromatic heterocycles. The zero-order valence-corrected chi connectivity index (χ0v) is 15.1. The van der Waals surface area contributed by atoms with Crippen LogP contribution in [0.5, 0.6) is 0 Å². The van der Waals surface area contributed by atoms with Gasteiger partial charge in [0.05, 0.1) is 13.2 Å². The fourth-order valence-electron chi connectivity index (χ4n) is 3.60. The lowest BCUT2D eigenvalue weighted by Gasteiger charge is -2.24. The second-order valence-corrected chi connectivity index (χ2v) is 7.06. The predicted octanol–water partition coefficient (Wildman–Crippen LogP) is 3.64. The van der Waals surface area contributed by atoms with Crippen LogP contribution >= 0.6 is 0 Å². The minimum absolute atomic E-state index is 0.491. The molecule has 1 unspecified atom stereocenters. The van der Waals surface area contributed by atoms with Crippen molar-refractivity contribution in [1.82, 2.24) is 10.6 Å². The topological polar surface area (TPSA) is 45.7 Å². The summed E-state index contributed by atoms with van der Waals surface area (Å²) in [5, 5.41) is 6.98. The Balaban J connectivity index is 1.60. The van der Waals surface area contributed by atoms with Crippen molar-refractivity contribution >= 4 is 5.96 Å². The number of aliphatic imine (C=N–C) groups is 1. The molecule has 132 valence electrons. The maximum Gasteiger partial charge on any atom is 0.191 e. The third-order valence-electron chi connectivity index (χ3n) is 5.14. The van der Waals surface area contributed by atoms with E-state index >= 15 is 0 Å². The molecule has 23 heavy (non-hydrogen) atoms. The van der Waals surface area contributed by atoms with Crippen LogP contribution in [0.3, 0.4) is 0 Å². The van der Waals surface area contributed by atoms with E-state index in [9.17, 15) is 0 Å². The number of hydrogen-bond acceptors (Lipinski definition) is 2. The minimum atomic E-state index is 0.491. The van der Waals surface area contributed by atoms with Crippen LogP contribution in [0.15, 0.2) is 16.6 Å². The van der Waals surface area contributed by atoms with Crippen LogP contribution in [0.25, 0.3) is 0 Å². The highest BCUT2D eigenvalue weighted by atomic mass is 16.5. The molecule has 1 fully saturated rings. The van der Waals surface area contributed by atoms with E-state index in [1.54, 1.807) is 0 Å². The van der Waals surface area contributed by atoms with Gasteiger partial charge in [0.25, 0.3) is 0 Å². The Hall–Kier alpha value is -1.03. The van der Waals surface area contributed by atoms with Crippen LogP contribution in [0.1, 0.15) is 64.7 Å². The average Bonchev–Trinajstić information content (AvgIpc) is 2.61. The van der Waals surface area contributed by atoms with E-state index in [1.807, 2.05) is 7.05 Å². The van der Waals surface area contributed by atoms with E-state index < -0.39 is 0 Å². The predicted molar refractivity (Wildman–Crippen MR) is 97.9 cm³/mol. The second-order valence-electron chi connectivity index (χ2n) is 7.06. The van der Waals surface area contributed by atoms with Crippen molar-refractivity contribution in [3.63, 3.8) is 0 Å². The first-order valence-corrected chi connectivity index (χ1v) is 9.50. The minimum Gasteiger partial charge on any atom is -0.377 e. The van der Waals surface area contributed by atoms with Crippen LogP contribution in [-0.4, -0.2) is 38.8 Å². The fourth-order valence-corrected chi connectivity index (χ4v) is 3.60. The maximum absolute atomic E-state index is 5.34. The van der Waals surface area contributed by atoms with Gasteiger partial charge in [-0.2, -0.15) is 0 Å². The lowest BCUT2D eigenvalue weighted by molar-refractivity contribution is 0.153. The Morgan fingerprint density at radius 3 is 2.87 bits per heavy atom. The standard InChI is InChI=1S/C19H35N3O/c1-16(8-9-17-6-4-3-5-7-17)22-19(20-2)21-13-10-18-11-14-23-15-12-18/h11,16-17H,3-10,12-15H2,1-2H3,(H2,20,21,22). The van der Waals surface area contributed by atoms with E-state index in [1.165, 1.54) is 50.5 Å². The number of nitrogens with one attached hydrogen (secondary N) is 2. The van der Waals surface area contributed by atoms with Crippen molar-refractivity contribution in [2.45, 2.75) is 70.8 Å². The van der Waals surface area contributed by atoms with Gasteiger partial charge < -0.3 is 15.4 Å². The number of nitrogens with zero attached hydrogens (tertiary/aromatic N) is 1. The molecule has 1 saturated carbocycles. The Bertz CT molecular complexity index is 386. The summed E-state index contributed by atoms with van der Waals surface area (Å²) in [7, 11) is 1.86. The van der Waals surface area contributed by atoms with Crippen LogP contribution in [0.4, 0.5) is 0 Å². The Labute approximate surface area is 142 Å². The molecule has 2 N–H and O–H groups in total. The van der Waals surface area contributed by atoms with E-state index in [0.29, 0.717) is 6.04 Å². The van der Waals surface area contributed by atoms with Gasteiger partial charge in [0, 0.05) is 19.6 Å². The SMILES string of the molecule is CN=C(NCCC1=CCOCC1)NC(C)CCC1CCCCC1. The molecule has 2 rings (SSSR count). The van der Waals surface area contributed by atoms with Gasteiger partial charge in [-0.05, 0) is 38.5 Å². The summed E-state index contributed by atoms with van der Waals surface area (Å²) >= 11 is 0. The van der Waals surface area contributed by atoms with Crippen molar-refractivity contribution < 1.29 is 4.74 Å². The zero-order valence-electron chi connectivity index (χ0n) is 15.1. The van der Waals surface area contributed by atoms with Gasteiger partial charge in [0.15, 0.2) is 5.96 Å². The first-order chi connectivity index (χ1) is 11.3. The molecule has 4 heteroatoms. The Morgan fingerprint density at radius 1 is 1.35 bits per heavy atom. The summed E-state index contributed by atoms with van der Waals surface area (Å²) in [6.07, 6.45) is 14.2. The highest BCUT2D eigenvalue weighted by Crippen LogP contribution is 2.27. The highest BCUT2D eigenvalue weighted by molar-refractivity contribution is 5.79. The molecule has 1 heterocycles. The van der Waals surface area contributed by atoms with E-state index in [0.717, 1.165) is 44.5 Å². The molecule has 0 amide bonds. The van der Waals surface area contributed by atoms with E-state index in [-0.39, 0.29) is 0 Å². The molecule has 0 aromatic carbocycles. The molecular weight excluding hydrogens is 286 g/mol. The molecule has 0 spiro atoms. The average molecular weight is 322 g/mol. The van der Waals surface area contributed by atoms with Gasteiger partial charge in [-0.3, -0.25) is 4.99 Å². The van der Waals surface area contributed by atoms with Crippen molar-refractivity contribution in [1.29, 1.82) is 0 Å². The van der Waals surface area contributed by atoms with E-state index in [4.69, 9.17) is 4.74 Å². The zero-order chi connectivity index (χ0) is 16.3. The van der Waals surface area contributed by atoms with E-state index in [2.05, 4.69) is 28.6 Å². The largest absolute Gasteiger partial charge is 0.377 e. The summed E-state index contributed by atoms with van der Waals surface area (Å²) in [5.41, 5.74) is 1.50. The smallest absolute Gasteiger partial charge is 0.191 e. The molecular formula is C19H35N3O. The molecule has 1 atom stereocenters. The molecule has 1 aliphatic heterocycles.